The van der Waals surface area contributed by atoms with Gasteiger partial charge >= 0.3 is 5.97 Å². The Hall–Kier alpha value is -1.55. The molecular formula is C17H23NO3. The lowest BCUT2D eigenvalue weighted by molar-refractivity contribution is -0.150. The Kier molecular flexibility index (Phi) is 3.89. The summed E-state index contributed by atoms with van der Waals surface area (Å²) in [5.41, 5.74) is 6.27. The Labute approximate surface area is 125 Å². The normalized spacial score (nSPS) is 23.8. The predicted molar refractivity (Wildman–Crippen MR) is 80.4 cm³/mol. The van der Waals surface area contributed by atoms with Gasteiger partial charge in [0.2, 0.25) is 0 Å². The Balaban J connectivity index is 1.84. The van der Waals surface area contributed by atoms with Crippen LogP contribution in [-0.4, -0.2) is 24.2 Å². The quantitative estimate of drug-likeness (QED) is 0.844. The van der Waals surface area contributed by atoms with Crippen molar-refractivity contribution in [2.45, 2.75) is 38.0 Å². The molecule has 0 aromatic heterocycles. The molecule has 4 heteroatoms. The number of rotatable bonds is 6. The molecule has 2 unspecified atom stereocenters. The third-order valence-corrected chi connectivity index (χ3v) is 4.94. The van der Waals surface area contributed by atoms with Gasteiger partial charge < -0.3 is 15.6 Å². The third-order valence-electron chi connectivity index (χ3n) is 4.94. The van der Waals surface area contributed by atoms with Crippen LogP contribution in [-0.2, 0) is 4.79 Å². The lowest BCUT2D eigenvalue weighted by Gasteiger charge is -2.34. The van der Waals surface area contributed by atoms with Crippen molar-refractivity contribution in [3.8, 4) is 5.75 Å². The van der Waals surface area contributed by atoms with E-state index < -0.39 is 11.4 Å². The maximum Gasteiger partial charge on any atom is 0.310 e. The molecule has 0 amide bonds. The summed E-state index contributed by atoms with van der Waals surface area (Å²) in [6.07, 6.45) is 4.52. The summed E-state index contributed by atoms with van der Waals surface area (Å²) in [7, 11) is 0. The van der Waals surface area contributed by atoms with E-state index in [1.54, 1.807) is 0 Å². The molecule has 1 saturated carbocycles. The van der Waals surface area contributed by atoms with Crippen LogP contribution in [0.15, 0.2) is 24.3 Å². The minimum atomic E-state index is -0.781. The number of carboxylic acids is 1. The number of hydrogen-bond donors (Lipinski definition) is 2. The molecule has 0 saturated heterocycles. The molecule has 0 spiro atoms. The number of carbonyl (C=O) groups is 1. The van der Waals surface area contributed by atoms with E-state index in [0.717, 1.165) is 37.0 Å². The summed E-state index contributed by atoms with van der Waals surface area (Å²) in [4.78, 5) is 11.9. The fourth-order valence-electron chi connectivity index (χ4n) is 3.49. The number of benzene rings is 1. The van der Waals surface area contributed by atoms with Crippen molar-refractivity contribution in [3.63, 3.8) is 0 Å². The second-order valence-corrected chi connectivity index (χ2v) is 6.51. The van der Waals surface area contributed by atoms with Crippen molar-refractivity contribution in [1.82, 2.24) is 0 Å². The van der Waals surface area contributed by atoms with Gasteiger partial charge in [0.05, 0.1) is 12.0 Å². The van der Waals surface area contributed by atoms with Gasteiger partial charge in [-0.05, 0) is 42.7 Å². The van der Waals surface area contributed by atoms with Crippen molar-refractivity contribution in [2.24, 2.45) is 17.1 Å². The SMILES string of the molecule is NCC(CC1CC1)(CC1CCOc2ccccc21)C(=O)O. The first kappa shape index (κ1) is 14.4. The molecule has 1 aliphatic heterocycles. The molecule has 1 aromatic rings. The summed E-state index contributed by atoms with van der Waals surface area (Å²) >= 11 is 0. The summed E-state index contributed by atoms with van der Waals surface area (Å²) in [5.74, 6) is 0.949. The number of aliphatic carboxylic acids is 1. The molecule has 1 aromatic carbocycles. The van der Waals surface area contributed by atoms with Crippen molar-refractivity contribution in [1.29, 1.82) is 0 Å². The highest BCUT2D eigenvalue weighted by Crippen LogP contribution is 2.47. The fraction of sp³-hybridized carbons (Fsp3) is 0.588. The van der Waals surface area contributed by atoms with Gasteiger partial charge in [0.1, 0.15) is 5.75 Å². The molecule has 1 fully saturated rings. The largest absolute Gasteiger partial charge is 0.493 e. The van der Waals surface area contributed by atoms with Gasteiger partial charge in [-0.15, -0.1) is 0 Å². The molecule has 3 rings (SSSR count). The maximum atomic E-state index is 11.9. The highest BCUT2D eigenvalue weighted by molar-refractivity contribution is 5.75. The lowest BCUT2D eigenvalue weighted by Crippen LogP contribution is -2.41. The number of fused-ring (bicyclic) bond motifs is 1. The zero-order chi connectivity index (χ0) is 14.9. The molecule has 1 aliphatic carbocycles. The van der Waals surface area contributed by atoms with Crippen LogP contribution < -0.4 is 10.5 Å². The van der Waals surface area contributed by atoms with Gasteiger partial charge in [0.15, 0.2) is 0 Å². The van der Waals surface area contributed by atoms with Gasteiger partial charge in [-0.1, -0.05) is 31.0 Å². The van der Waals surface area contributed by atoms with E-state index in [2.05, 4.69) is 6.07 Å². The number of nitrogens with two attached hydrogens (primary N) is 1. The molecule has 3 N–H and O–H groups in total. The standard InChI is InChI=1S/C17H23NO3/c18-11-17(16(19)20,9-12-5-6-12)10-13-7-8-21-15-4-2-1-3-14(13)15/h1-4,12-13H,5-11,18H2,(H,19,20). The highest BCUT2D eigenvalue weighted by Gasteiger charge is 2.44. The Bertz CT molecular complexity index is 527. The van der Waals surface area contributed by atoms with Crippen LogP contribution in [0.3, 0.4) is 0 Å². The minimum absolute atomic E-state index is 0.221. The molecule has 4 nitrogen and oxygen atoms in total. The van der Waals surface area contributed by atoms with Gasteiger partial charge in [-0.2, -0.15) is 0 Å². The van der Waals surface area contributed by atoms with Crippen molar-refractivity contribution in [3.05, 3.63) is 29.8 Å². The molecule has 2 atom stereocenters. The molecule has 0 radical (unpaired) electrons. The monoisotopic (exact) mass is 289 g/mol. The van der Waals surface area contributed by atoms with Gasteiger partial charge in [-0.3, -0.25) is 4.79 Å². The van der Waals surface area contributed by atoms with Crippen LogP contribution in [0, 0.1) is 11.3 Å². The number of para-hydroxylation sites is 1. The zero-order valence-corrected chi connectivity index (χ0v) is 12.3. The Morgan fingerprint density at radius 2 is 2.05 bits per heavy atom. The van der Waals surface area contributed by atoms with E-state index in [-0.39, 0.29) is 12.5 Å². The maximum absolute atomic E-state index is 11.9. The van der Waals surface area contributed by atoms with E-state index in [9.17, 15) is 9.90 Å². The van der Waals surface area contributed by atoms with E-state index >= 15 is 0 Å². The average Bonchev–Trinajstić information content (AvgIpc) is 3.30. The minimum Gasteiger partial charge on any atom is -0.493 e. The molecule has 1 heterocycles. The average molecular weight is 289 g/mol. The topological polar surface area (TPSA) is 72.5 Å². The smallest absolute Gasteiger partial charge is 0.310 e. The summed E-state index contributed by atoms with van der Waals surface area (Å²) < 4.78 is 5.68. The highest BCUT2D eigenvalue weighted by atomic mass is 16.5. The molecule has 114 valence electrons. The van der Waals surface area contributed by atoms with Crippen LogP contribution in [0.1, 0.15) is 43.6 Å². The molecule has 21 heavy (non-hydrogen) atoms. The Morgan fingerprint density at radius 3 is 2.71 bits per heavy atom. The first-order chi connectivity index (χ1) is 10.1. The third kappa shape index (κ3) is 2.91. The van der Waals surface area contributed by atoms with E-state index in [0.29, 0.717) is 18.9 Å². The molecule has 2 aliphatic rings. The first-order valence-electron chi connectivity index (χ1n) is 7.80. The summed E-state index contributed by atoms with van der Waals surface area (Å²) in [6, 6.07) is 7.97. The van der Waals surface area contributed by atoms with Gasteiger partial charge in [0.25, 0.3) is 0 Å². The van der Waals surface area contributed by atoms with Gasteiger partial charge in [-0.25, -0.2) is 0 Å². The van der Waals surface area contributed by atoms with E-state index in [1.807, 2.05) is 18.2 Å². The van der Waals surface area contributed by atoms with E-state index in [4.69, 9.17) is 10.5 Å². The number of hydrogen-bond acceptors (Lipinski definition) is 3. The predicted octanol–water partition coefficient (Wildman–Crippen LogP) is 2.77. The molecule has 0 bridgehead atoms. The molecular weight excluding hydrogens is 266 g/mol. The number of ether oxygens (including phenoxy) is 1. The first-order valence-corrected chi connectivity index (χ1v) is 7.80. The summed E-state index contributed by atoms with van der Waals surface area (Å²) in [6.45, 7) is 0.879. The van der Waals surface area contributed by atoms with Crippen molar-refractivity contribution >= 4 is 5.97 Å². The van der Waals surface area contributed by atoms with Crippen molar-refractivity contribution in [2.75, 3.05) is 13.2 Å². The van der Waals surface area contributed by atoms with Crippen LogP contribution in [0.2, 0.25) is 0 Å². The fourth-order valence-corrected chi connectivity index (χ4v) is 3.49. The van der Waals surface area contributed by atoms with Crippen LogP contribution in [0.4, 0.5) is 0 Å². The lowest BCUT2D eigenvalue weighted by atomic mass is 9.72. The van der Waals surface area contributed by atoms with E-state index in [1.165, 1.54) is 0 Å². The van der Waals surface area contributed by atoms with Crippen molar-refractivity contribution < 1.29 is 14.6 Å². The van der Waals surface area contributed by atoms with Crippen LogP contribution >= 0.6 is 0 Å². The number of carboxylic acid groups (broad SMARTS) is 1. The van der Waals surface area contributed by atoms with Gasteiger partial charge in [0, 0.05) is 6.54 Å². The zero-order valence-electron chi connectivity index (χ0n) is 12.3. The van der Waals surface area contributed by atoms with Crippen LogP contribution in [0.25, 0.3) is 0 Å². The summed E-state index contributed by atoms with van der Waals surface area (Å²) in [5, 5.41) is 9.77. The second-order valence-electron chi connectivity index (χ2n) is 6.51. The Morgan fingerprint density at radius 1 is 1.29 bits per heavy atom. The second kappa shape index (κ2) is 5.68. The van der Waals surface area contributed by atoms with Crippen LogP contribution in [0.5, 0.6) is 5.75 Å².